The molecule has 2 aliphatic rings. The predicted molar refractivity (Wildman–Crippen MR) is 364 cm³/mol. The quantitative estimate of drug-likeness (QED) is 0.148. The highest BCUT2D eigenvalue weighted by Gasteiger charge is 2.48. The molecule has 2 aliphatic heterocycles. The molecule has 17 rings (SSSR count). The third kappa shape index (κ3) is 8.04. The average Bonchev–Trinajstić information content (AvgIpc) is 1.39. The Kier molecular flexibility index (Phi) is 11.1. The van der Waals surface area contributed by atoms with Crippen molar-refractivity contribution in [2.75, 3.05) is 9.80 Å². The van der Waals surface area contributed by atoms with Gasteiger partial charge in [0.25, 0.3) is 6.71 Å². The van der Waals surface area contributed by atoms with Crippen molar-refractivity contribution in [2.24, 2.45) is 0 Å². The largest absolute Gasteiger partial charge is 0.456 e. The average molecular weight is 1150 g/mol. The number of nitrogens with zero attached hydrogens (tertiary/aromatic N) is 2. The van der Waals surface area contributed by atoms with Gasteiger partial charge < -0.3 is 27.5 Å². The topological polar surface area (TPSA) is 59.0 Å². The molecule has 416 valence electrons. The third-order valence-electron chi connectivity index (χ3n) is 17.9. The highest BCUT2D eigenvalue weighted by atomic mass is 32.1. The molecular weight excluding hydrogens is 1090 g/mol. The molecule has 0 aliphatic carbocycles. The van der Waals surface area contributed by atoms with E-state index in [1.54, 1.807) is 0 Å². The maximum absolute atomic E-state index is 6.82. The Hall–Kier alpha value is -9.28. The Morgan fingerprint density at radius 1 is 0.384 bits per heavy atom. The van der Waals surface area contributed by atoms with E-state index in [0.29, 0.717) is 0 Å². The van der Waals surface area contributed by atoms with E-state index in [0.717, 1.165) is 112 Å². The van der Waals surface area contributed by atoms with Gasteiger partial charge >= 0.3 is 0 Å². The van der Waals surface area contributed by atoms with Crippen LogP contribution in [0.4, 0.5) is 34.1 Å². The lowest BCUT2D eigenvalue weighted by Crippen LogP contribution is -2.59. The zero-order valence-corrected chi connectivity index (χ0v) is 50.8. The first kappa shape index (κ1) is 51.2. The Labute approximate surface area is 507 Å². The molecule has 86 heavy (non-hydrogen) atoms. The number of thiophene rings is 2. The summed E-state index contributed by atoms with van der Waals surface area (Å²) < 4.78 is 32.4. The molecule has 15 aromatic rings. The van der Waals surface area contributed by atoms with Crippen LogP contribution in [-0.2, 0) is 10.8 Å². The molecule has 9 aromatic carbocycles. The Morgan fingerprint density at radius 3 is 1.03 bits per heavy atom. The molecule has 0 spiro atoms. The molecule has 0 fully saturated rings. The fourth-order valence-electron chi connectivity index (χ4n) is 13.3. The number of hydrogen-bond donors (Lipinski definition) is 0. The van der Waals surface area contributed by atoms with Crippen LogP contribution < -0.4 is 24.8 Å². The van der Waals surface area contributed by atoms with Crippen molar-refractivity contribution < 1.29 is 17.7 Å². The van der Waals surface area contributed by atoms with Gasteiger partial charge in [-0.1, -0.05) is 140 Å². The molecule has 6 aromatic heterocycles. The van der Waals surface area contributed by atoms with E-state index in [1.807, 2.05) is 46.9 Å². The molecule has 0 saturated heterocycles. The zero-order chi connectivity index (χ0) is 58.1. The van der Waals surface area contributed by atoms with Crippen molar-refractivity contribution in [1.82, 2.24) is 0 Å². The molecule has 0 saturated carbocycles. The highest BCUT2D eigenvalue weighted by Crippen LogP contribution is 2.54. The molecule has 6 nitrogen and oxygen atoms in total. The van der Waals surface area contributed by atoms with Gasteiger partial charge in [-0.25, -0.2) is 0 Å². The van der Waals surface area contributed by atoms with Crippen molar-refractivity contribution in [2.45, 2.75) is 72.1 Å². The number of furan rings is 4. The van der Waals surface area contributed by atoms with Crippen molar-refractivity contribution in [3.05, 3.63) is 223 Å². The van der Waals surface area contributed by atoms with Gasteiger partial charge in [-0.05, 0) is 160 Å². The second kappa shape index (κ2) is 18.6. The maximum Gasteiger partial charge on any atom is 0.277 e. The van der Waals surface area contributed by atoms with Crippen LogP contribution in [0.1, 0.15) is 78.0 Å². The molecule has 0 N–H and O–H groups in total. The number of hydrogen-bond acceptors (Lipinski definition) is 8. The number of anilines is 6. The summed E-state index contributed by atoms with van der Waals surface area (Å²) in [4.78, 5) is 5.22. The summed E-state index contributed by atoms with van der Waals surface area (Å²) in [5.74, 6) is 3.35. The summed E-state index contributed by atoms with van der Waals surface area (Å²) in [7, 11) is 0. The monoisotopic (exact) mass is 1150 g/mol. The molecule has 0 unspecified atom stereocenters. The van der Waals surface area contributed by atoms with Gasteiger partial charge in [-0.2, -0.15) is 0 Å². The van der Waals surface area contributed by atoms with Crippen LogP contribution in [0.2, 0.25) is 0 Å². The Morgan fingerprint density at radius 2 is 0.721 bits per heavy atom. The molecule has 0 bridgehead atoms. The standard InChI is InChI=1S/C77H59BN2O4S2/c1-43(2)48-35-59-71-60(36-48)80(56-33-51(67-39-46-19-11-15-23-63(46)83-67)30-52(34-56)68-40-47-20-12-16-24-64(47)84-68)73-58-42-54(77(6,7)8)26-28-70(58)86-75(73)78(71)74-72(57-41-53(76(3,4)5)25-27-69(57)85-74)79(59)55-31-49(65-37-44-17-9-13-21-61(44)81-65)29-50(32-55)66-38-45-18-10-14-22-62(45)82-66/h9-43H,1-8H3. The number of fused-ring (bicyclic) bond motifs is 12. The van der Waals surface area contributed by atoms with Crippen LogP contribution in [0.25, 0.3) is 109 Å². The van der Waals surface area contributed by atoms with Gasteiger partial charge in [-0.3, -0.25) is 0 Å². The van der Waals surface area contributed by atoms with E-state index in [2.05, 4.69) is 247 Å². The second-order valence-corrected chi connectivity index (χ2v) is 28.1. The summed E-state index contributed by atoms with van der Waals surface area (Å²) in [5.41, 5.74) is 18.9. The molecule has 0 radical (unpaired) electrons. The normalized spacial score (nSPS) is 13.4. The molecular formula is C77H59BN2O4S2. The van der Waals surface area contributed by atoms with Crippen LogP contribution in [0.3, 0.4) is 0 Å². The Bertz CT molecular complexity index is 4660. The molecule has 9 heteroatoms. The van der Waals surface area contributed by atoms with Crippen LogP contribution in [0, 0.1) is 0 Å². The van der Waals surface area contributed by atoms with Gasteiger partial charge in [0, 0.05) is 96.3 Å². The summed E-state index contributed by atoms with van der Waals surface area (Å²) in [5, 5.41) is 6.71. The van der Waals surface area contributed by atoms with Crippen molar-refractivity contribution in [3.63, 3.8) is 0 Å². The van der Waals surface area contributed by atoms with Gasteiger partial charge in [-0.15, -0.1) is 22.7 Å². The van der Waals surface area contributed by atoms with Crippen molar-refractivity contribution in [1.29, 1.82) is 0 Å². The fraction of sp³-hybridized carbons (Fsp3) is 0.143. The number of para-hydroxylation sites is 4. The molecule has 0 amide bonds. The van der Waals surface area contributed by atoms with Crippen LogP contribution >= 0.6 is 22.7 Å². The summed E-state index contributed by atoms with van der Waals surface area (Å²) in [6.07, 6.45) is 0. The summed E-state index contributed by atoms with van der Waals surface area (Å²) in [6, 6.07) is 75.2. The first-order valence-corrected chi connectivity index (χ1v) is 31.4. The lowest BCUT2D eigenvalue weighted by molar-refractivity contribution is 0.591. The fourth-order valence-corrected chi connectivity index (χ4v) is 16.0. The van der Waals surface area contributed by atoms with E-state index in [9.17, 15) is 0 Å². The number of rotatable bonds is 7. The SMILES string of the molecule is CC(C)c1cc2c3c(c1)N(c1cc(-c4cc5ccccc5o4)cc(-c4cc5ccccc5o4)c1)c1c(sc4ccc(C(C)(C)C)cc14)B3c1sc3ccc(C(C)(C)C)cc3c1N2c1cc(-c2cc3ccccc3o2)cc(-c2cc3ccccc3o2)c1. The number of benzene rings is 9. The third-order valence-corrected chi connectivity index (χ3v) is 20.3. The minimum Gasteiger partial charge on any atom is -0.456 e. The van der Waals surface area contributed by atoms with Crippen molar-refractivity contribution in [3.8, 4) is 45.3 Å². The lowest BCUT2D eigenvalue weighted by atomic mass is 9.39. The van der Waals surface area contributed by atoms with Crippen LogP contribution in [0.15, 0.2) is 224 Å². The van der Waals surface area contributed by atoms with Crippen molar-refractivity contribution >= 4 is 143 Å². The van der Waals surface area contributed by atoms with E-state index >= 15 is 0 Å². The van der Waals surface area contributed by atoms with E-state index in [-0.39, 0.29) is 23.5 Å². The minimum absolute atomic E-state index is 0.0963. The van der Waals surface area contributed by atoms with Crippen LogP contribution in [-0.4, -0.2) is 6.71 Å². The van der Waals surface area contributed by atoms with Gasteiger partial charge in [0.2, 0.25) is 0 Å². The molecule has 0 atom stereocenters. The van der Waals surface area contributed by atoms with Gasteiger partial charge in [0.1, 0.15) is 45.4 Å². The highest BCUT2D eigenvalue weighted by molar-refractivity contribution is 7.40. The second-order valence-electron chi connectivity index (χ2n) is 25.9. The smallest absolute Gasteiger partial charge is 0.277 e. The minimum atomic E-state index is -0.105. The van der Waals surface area contributed by atoms with E-state index in [4.69, 9.17) is 17.7 Å². The predicted octanol–water partition coefficient (Wildman–Crippen LogP) is 21.6. The summed E-state index contributed by atoms with van der Waals surface area (Å²) >= 11 is 3.88. The van der Waals surface area contributed by atoms with E-state index < -0.39 is 0 Å². The maximum atomic E-state index is 6.82. The van der Waals surface area contributed by atoms with Gasteiger partial charge in [0.15, 0.2) is 0 Å². The first-order valence-electron chi connectivity index (χ1n) is 29.8. The molecule has 8 heterocycles. The van der Waals surface area contributed by atoms with Gasteiger partial charge in [0.05, 0.1) is 11.4 Å². The zero-order valence-electron chi connectivity index (χ0n) is 49.1. The van der Waals surface area contributed by atoms with Crippen LogP contribution in [0.5, 0.6) is 0 Å². The Balaban J connectivity index is 0.997. The first-order chi connectivity index (χ1) is 41.6. The lowest BCUT2D eigenvalue weighted by Gasteiger charge is -2.43. The summed E-state index contributed by atoms with van der Waals surface area (Å²) in [6.45, 7) is 18.5. The van der Waals surface area contributed by atoms with E-state index in [1.165, 1.54) is 63.3 Å².